The zero-order chi connectivity index (χ0) is 12.3. The summed E-state index contributed by atoms with van der Waals surface area (Å²) in [5, 5.41) is 3.34. The summed E-state index contributed by atoms with van der Waals surface area (Å²) >= 11 is 2.03. The van der Waals surface area contributed by atoms with Crippen LogP contribution >= 0.6 is 11.8 Å². The minimum atomic E-state index is 0.0439. The van der Waals surface area contributed by atoms with Crippen LogP contribution in [-0.4, -0.2) is 73.0 Å². The summed E-state index contributed by atoms with van der Waals surface area (Å²) in [6.07, 6.45) is 2.55. The Hall–Kier alpha value is -0.260. The third-order valence-electron chi connectivity index (χ3n) is 3.62. The Bertz CT molecular complexity index is 266. The molecule has 0 aromatic rings. The Morgan fingerprint density at radius 3 is 2.94 bits per heavy atom. The van der Waals surface area contributed by atoms with E-state index in [4.69, 9.17) is 0 Å². The second-order valence-electron chi connectivity index (χ2n) is 5.06. The molecule has 2 unspecified atom stereocenters. The first-order valence-corrected chi connectivity index (χ1v) is 7.61. The molecule has 98 valence electrons. The third-order valence-corrected chi connectivity index (χ3v) is 4.81. The lowest BCUT2D eigenvalue weighted by atomic mass is 10.1. The number of hydrogen-bond acceptors (Lipinski definition) is 4. The summed E-state index contributed by atoms with van der Waals surface area (Å²) in [6, 6.07) is 0.646. The van der Waals surface area contributed by atoms with E-state index in [-0.39, 0.29) is 11.9 Å². The largest absolute Gasteiger partial charge is 0.347 e. The van der Waals surface area contributed by atoms with Crippen LogP contribution in [0, 0.1) is 0 Å². The van der Waals surface area contributed by atoms with Crippen molar-refractivity contribution in [3.63, 3.8) is 0 Å². The molecular weight excluding hydrogens is 234 g/mol. The number of nitrogens with zero attached hydrogens (tertiary/aromatic N) is 2. The second-order valence-corrected chi connectivity index (χ2v) is 6.21. The Balaban J connectivity index is 2.03. The standard InChI is InChI=1S/C12H23N3OS/c1-14(2)12(16)11-8-13-5-6-15(11)10-4-3-7-17-9-10/h10-11,13H,3-9H2,1-2H3. The van der Waals surface area contributed by atoms with Crippen molar-refractivity contribution in [3.05, 3.63) is 0 Å². The molecule has 2 rings (SSSR count). The van der Waals surface area contributed by atoms with E-state index >= 15 is 0 Å². The Labute approximate surface area is 108 Å². The van der Waals surface area contributed by atoms with Gasteiger partial charge in [0, 0.05) is 45.5 Å². The number of carbonyl (C=O) groups excluding carboxylic acids is 1. The first-order valence-electron chi connectivity index (χ1n) is 6.45. The fourth-order valence-corrected chi connectivity index (χ4v) is 3.84. The van der Waals surface area contributed by atoms with Crippen LogP contribution in [0.5, 0.6) is 0 Å². The summed E-state index contributed by atoms with van der Waals surface area (Å²) in [5.41, 5.74) is 0. The maximum absolute atomic E-state index is 12.2. The smallest absolute Gasteiger partial charge is 0.240 e. The van der Waals surface area contributed by atoms with E-state index in [0.29, 0.717) is 6.04 Å². The SMILES string of the molecule is CN(C)C(=O)C1CNCCN1C1CCCSC1. The highest BCUT2D eigenvalue weighted by molar-refractivity contribution is 7.99. The van der Waals surface area contributed by atoms with Crippen LogP contribution in [0.1, 0.15) is 12.8 Å². The number of hydrogen-bond donors (Lipinski definition) is 1. The monoisotopic (exact) mass is 257 g/mol. The van der Waals surface area contributed by atoms with Gasteiger partial charge in [-0.15, -0.1) is 0 Å². The number of likely N-dealkylation sites (N-methyl/N-ethyl adjacent to an activating group) is 1. The molecule has 0 aliphatic carbocycles. The van der Waals surface area contributed by atoms with E-state index in [2.05, 4.69) is 10.2 Å². The summed E-state index contributed by atoms with van der Waals surface area (Å²) in [4.78, 5) is 16.3. The highest BCUT2D eigenvalue weighted by atomic mass is 32.2. The minimum Gasteiger partial charge on any atom is -0.347 e. The average Bonchev–Trinajstić information content (AvgIpc) is 2.39. The molecular formula is C12H23N3OS. The van der Waals surface area contributed by atoms with Crippen LogP contribution in [-0.2, 0) is 4.79 Å². The topological polar surface area (TPSA) is 35.6 Å². The Kier molecular flexibility index (Phi) is 4.70. The van der Waals surface area contributed by atoms with Gasteiger partial charge >= 0.3 is 0 Å². The number of nitrogens with one attached hydrogen (secondary N) is 1. The van der Waals surface area contributed by atoms with Crippen LogP contribution in [0.25, 0.3) is 0 Å². The van der Waals surface area contributed by atoms with Gasteiger partial charge in [0.1, 0.15) is 6.04 Å². The van der Waals surface area contributed by atoms with E-state index in [1.54, 1.807) is 4.90 Å². The van der Waals surface area contributed by atoms with Crippen LogP contribution < -0.4 is 5.32 Å². The summed E-state index contributed by atoms with van der Waals surface area (Å²) in [7, 11) is 3.70. The first kappa shape index (κ1) is 13.2. The van der Waals surface area contributed by atoms with Gasteiger partial charge in [0.2, 0.25) is 5.91 Å². The van der Waals surface area contributed by atoms with Gasteiger partial charge in [0.05, 0.1) is 0 Å². The quantitative estimate of drug-likeness (QED) is 0.769. The molecule has 4 nitrogen and oxygen atoms in total. The lowest BCUT2D eigenvalue weighted by Crippen LogP contribution is -2.61. The Morgan fingerprint density at radius 2 is 2.29 bits per heavy atom. The molecule has 0 saturated carbocycles. The van der Waals surface area contributed by atoms with Gasteiger partial charge in [0.25, 0.3) is 0 Å². The van der Waals surface area contributed by atoms with Gasteiger partial charge in [0.15, 0.2) is 0 Å². The van der Waals surface area contributed by atoms with E-state index < -0.39 is 0 Å². The van der Waals surface area contributed by atoms with Crippen molar-refractivity contribution < 1.29 is 4.79 Å². The molecule has 0 spiro atoms. The van der Waals surface area contributed by atoms with E-state index in [0.717, 1.165) is 19.6 Å². The molecule has 2 atom stereocenters. The van der Waals surface area contributed by atoms with Crippen molar-refractivity contribution >= 4 is 17.7 Å². The van der Waals surface area contributed by atoms with Gasteiger partial charge < -0.3 is 10.2 Å². The first-order chi connectivity index (χ1) is 8.20. The second kappa shape index (κ2) is 6.07. The molecule has 2 aliphatic heterocycles. The maximum Gasteiger partial charge on any atom is 0.240 e. The lowest BCUT2D eigenvalue weighted by Gasteiger charge is -2.42. The van der Waals surface area contributed by atoms with Gasteiger partial charge in [-0.25, -0.2) is 0 Å². The molecule has 0 bridgehead atoms. The zero-order valence-corrected chi connectivity index (χ0v) is 11.6. The zero-order valence-electron chi connectivity index (χ0n) is 10.8. The molecule has 2 fully saturated rings. The molecule has 1 amide bonds. The number of amides is 1. The average molecular weight is 257 g/mol. The van der Waals surface area contributed by atoms with E-state index in [9.17, 15) is 4.79 Å². The van der Waals surface area contributed by atoms with Crippen molar-refractivity contribution in [1.29, 1.82) is 0 Å². The van der Waals surface area contributed by atoms with Gasteiger partial charge in [-0.05, 0) is 18.6 Å². The van der Waals surface area contributed by atoms with Crippen molar-refractivity contribution in [1.82, 2.24) is 15.1 Å². The van der Waals surface area contributed by atoms with E-state index in [1.807, 2.05) is 25.9 Å². The lowest BCUT2D eigenvalue weighted by molar-refractivity contribution is -0.136. The van der Waals surface area contributed by atoms with Crippen molar-refractivity contribution in [2.75, 3.05) is 45.2 Å². The van der Waals surface area contributed by atoms with Crippen molar-refractivity contribution in [2.24, 2.45) is 0 Å². The summed E-state index contributed by atoms with van der Waals surface area (Å²) in [5.74, 6) is 2.72. The van der Waals surface area contributed by atoms with Gasteiger partial charge in [-0.2, -0.15) is 11.8 Å². The molecule has 2 heterocycles. The predicted octanol–water partition coefficient (Wildman–Crippen LogP) is 0.244. The molecule has 0 aromatic heterocycles. The molecule has 1 N–H and O–H groups in total. The number of carbonyl (C=O) groups is 1. The summed E-state index contributed by atoms with van der Waals surface area (Å²) < 4.78 is 0. The highest BCUT2D eigenvalue weighted by Crippen LogP contribution is 2.24. The van der Waals surface area contributed by atoms with E-state index in [1.165, 1.54) is 24.3 Å². The van der Waals surface area contributed by atoms with Crippen LogP contribution in [0.15, 0.2) is 0 Å². The summed E-state index contributed by atoms with van der Waals surface area (Å²) in [6.45, 7) is 2.83. The predicted molar refractivity (Wildman–Crippen MR) is 72.4 cm³/mol. The number of piperazine rings is 1. The minimum absolute atomic E-state index is 0.0439. The normalized spacial score (nSPS) is 31.2. The highest BCUT2D eigenvalue weighted by Gasteiger charge is 2.34. The molecule has 2 aliphatic rings. The third kappa shape index (κ3) is 3.14. The maximum atomic E-state index is 12.2. The number of thioether (sulfide) groups is 1. The number of rotatable bonds is 2. The van der Waals surface area contributed by atoms with Gasteiger partial charge in [-0.3, -0.25) is 9.69 Å². The van der Waals surface area contributed by atoms with Crippen LogP contribution in [0.2, 0.25) is 0 Å². The van der Waals surface area contributed by atoms with Crippen LogP contribution in [0.4, 0.5) is 0 Å². The van der Waals surface area contributed by atoms with Crippen LogP contribution in [0.3, 0.4) is 0 Å². The fraction of sp³-hybridized carbons (Fsp3) is 0.917. The molecule has 17 heavy (non-hydrogen) atoms. The molecule has 0 radical (unpaired) electrons. The molecule has 2 saturated heterocycles. The molecule has 0 aromatic carbocycles. The molecule has 5 heteroatoms. The van der Waals surface area contributed by atoms with Gasteiger partial charge in [-0.1, -0.05) is 0 Å². The van der Waals surface area contributed by atoms with Crippen molar-refractivity contribution in [2.45, 2.75) is 24.9 Å². The fourth-order valence-electron chi connectivity index (χ4n) is 2.67. The Morgan fingerprint density at radius 1 is 1.47 bits per heavy atom. The van der Waals surface area contributed by atoms with Crippen molar-refractivity contribution in [3.8, 4) is 0 Å².